The van der Waals surface area contributed by atoms with E-state index in [9.17, 15) is 9.59 Å². The minimum Gasteiger partial charge on any atom is -0.381 e. The van der Waals surface area contributed by atoms with Crippen molar-refractivity contribution in [2.24, 2.45) is 11.1 Å². The molecule has 0 aromatic heterocycles. The van der Waals surface area contributed by atoms with Crippen molar-refractivity contribution in [3.63, 3.8) is 0 Å². The van der Waals surface area contributed by atoms with Gasteiger partial charge in [-0.05, 0) is 18.2 Å². The summed E-state index contributed by atoms with van der Waals surface area (Å²) in [5.41, 5.74) is 1.54. The summed E-state index contributed by atoms with van der Waals surface area (Å²) in [5, 5.41) is 4.41. The molecule has 0 N–H and O–H groups in total. The molecule has 23 heavy (non-hydrogen) atoms. The molecule has 2 aliphatic heterocycles. The van der Waals surface area contributed by atoms with E-state index in [1.807, 2.05) is 6.07 Å². The van der Waals surface area contributed by atoms with Gasteiger partial charge in [0.2, 0.25) is 12.0 Å². The van der Waals surface area contributed by atoms with Crippen molar-refractivity contribution in [3.05, 3.63) is 65.2 Å². The van der Waals surface area contributed by atoms with Gasteiger partial charge >= 0.3 is 0 Å². The molecule has 6 heteroatoms. The highest BCUT2D eigenvalue weighted by atomic mass is 35.5. The number of carbonyl (C=O) groups is 2. The summed E-state index contributed by atoms with van der Waals surface area (Å²) >= 11 is 6.19. The third-order valence-electron chi connectivity index (χ3n) is 3.98. The zero-order valence-corrected chi connectivity index (χ0v) is 12.6. The largest absolute Gasteiger partial charge is 0.381 e. The van der Waals surface area contributed by atoms with Crippen LogP contribution in [0, 0.1) is 5.92 Å². The maximum atomic E-state index is 12.8. The summed E-state index contributed by atoms with van der Waals surface area (Å²) in [5.74, 6) is -1.51. The average molecular weight is 327 g/mol. The van der Waals surface area contributed by atoms with Crippen molar-refractivity contribution < 1.29 is 14.4 Å². The summed E-state index contributed by atoms with van der Waals surface area (Å²) < 4.78 is 0. The van der Waals surface area contributed by atoms with Crippen molar-refractivity contribution in [2.75, 3.05) is 4.90 Å². The second-order valence-electron chi connectivity index (χ2n) is 5.31. The number of imide groups is 1. The first-order chi connectivity index (χ1) is 11.2. The molecule has 0 radical (unpaired) electrons. The quantitative estimate of drug-likeness (QED) is 0.797. The van der Waals surface area contributed by atoms with Crippen LogP contribution in [0.2, 0.25) is 5.02 Å². The molecule has 5 nitrogen and oxygen atoms in total. The van der Waals surface area contributed by atoms with E-state index in [-0.39, 0.29) is 5.91 Å². The second kappa shape index (κ2) is 5.21. The Morgan fingerprint density at radius 3 is 2.39 bits per heavy atom. The van der Waals surface area contributed by atoms with E-state index in [4.69, 9.17) is 16.4 Å². The van der Waals surface area contributed by atoms with Gasteiger partial charge in [0, 0.05) is 10.6 Å². The summed E-state index contributed by atoms with van der Waals surface area (Å²) in [6.07, 6.45) is -0.922. The normalized spacial score (nSPS) is 22.8. The number of halogens is 1. The molecule has 2 heterocycles. The van der Waals surface area contributed by atoms with Gasteiger partial charge in [0.05, 0.1) is 5.69 Å². The molecule has 1 fully saturated rings. The highest BCUT2D eigenvalue weighted by Crippen LogP contribution is 2.36. The van der Waals surface area contributed by atoms with E-state index in [0.29, 0.717) is 22.0 Å². The molecule has 2 atom stereocenters. The van der Waals surface area contributed by atoms with Crippen molar-refractivity contribution in [1.29, 1.82) is 0 Å². The van der Waals surface area contributed by atoms with Crippen LogP contribution >= 0.6 is 11.6 Å². The van der Waals surface area contributed by atoms with Crippen LogP contribution in [0.5, 0.6) is 0 Å². The third-order valence-corrected chi connectivity index (χ3v) is 4.31. The topological polar surface area (TPSA) is 59.0 Å². The fraction of sp³-hybridized carbons (Fsp3) is 0.118. The third kappa shape index (κ3) is 2.04. The van der Waals surface area contributed by atoms with Crippen LogP contribution in [0.25, 0.3) is 0 Å². The maximum Gasteiger partial charge on any atom is 0.278 e. The number of nitrogens with zero attached hydrogens (tertiary/aromatic N) is 2. The fourth-order valence-corrected chi connectivity index (χ4v) is 3.13. The Hall–Kier alpha value is -2.66. The lowest BCUT2D eigenvalue weighted by atomic mass is 9.94. The summed E-state index contributed by atoms with van der Waals surface area (Å²) in [6.45, 7) is 0. The maximum absolute atomic E-state index is 12.8. The van der Waals surface area contributed by atoms with Gasteiger partial charge < -0.3 is 4.84 Å². The standard InChI is InChI=1S/C17H11ClN2O3/c18-12-9-5-4-8-11(12)14-13-15(23-19-14)17(22)20(16(13)21)10-6-2-1-3-7-10/h1-9,13,15H/t13-,15-/m0/s1. The van der Waals surface area contributed by atoms with Crippen LogP contribution in [0.15, 0.2) is 59.8 Å². The number of carbonyl (C=O) groups excluding carboxylic acids is 2. The van der Waals surface area contributed by atoms with Crippen LogP contribution in [0.3, 0.4) is 0 Å². The molecule has 2 aromatic carbocycles. The highest BCUT2D eigenvalue weighted by molar-refractivity contribution is 6.38. The van der Waals surface area contributed by atoms with Gasteiger partial charge in [-0.2, -0.15) is 0 Å². The van der Waals surface area contributed by atoms with E-state index in [1.54, 1.807) is 48.5 Å². The van der Waals surface area contributed by atoms with E-state index < -0.39 is 17.9 Å². The van der Waals surface area contributed by atoms with Crippen LogP contribution < -0.4 is 4.90 Å². The minimum atomic E-state index is -0.922. The number of benzene rings is 2. The summed E-state index contributed by atoms with van der Waals surface area (Å²) in [4.78, 5) is 31.7. The molecule has 0 unspecified atom stereocenters. The number of para-hydroxylation sites is 1. The van der Waals surface area contributed by atoms with Crippen LogP contribution in [0.1, 0.15) is 5.56 Å². The molecule has 0 saturated carbocycles. The van der Waals surface area contributed by atoms with Gasteiger partial charge in [-0.3, -0.25) is 9.59 Å². The second-order valence-corrected chi connectivity index (χ2v) is 5.71. The lowest BCUT2D eigenvalue weighted by molar-refractivity contribution is -0.126. The van der Waals surface area contributed by atoms with Gasteiger partial charge in [0.1, 0.15) is 11.6 Å². The van der Waals surface area contributed by atoms with Crippen molar-refractivity contribution in [2.45, 2.75) is 6.10 Å². The molecule has 4 rings (SSSR count). The average Bonchev–Trinajstić information content (AvgIpc) is 3.10. The van der Waals surface area contributed by atoms with Gasteiger partial charge in [0.25, 0.3) is 5.91 Å². The molecule has 2 aromatic rings. The zero-order valence-electron chi connectivity index (χ0n) is 11.8. The van der Waals surface area contributed by atoms with E-state index in [1.165, 1.54) is 0 Å². The van der Waals surface area contributed by atoms with Gasteiger partial charge in [-0.15, -0.1) is 0 Å². The fourth-order valence-electron chi connectivity index (χ4n) is 2.90. The van der Waals surface area contributed by atoms with E-state index in [2.05, 4.69) is 5.16 Å². The lowest BCUT2D eigenvalue weighted by Crippen LogP contribution is -2.33. The number of anilines is 1. The number of fused-ring (bicyclic) bond motifs is 1. The van der Waals surface area contributed by atoms with Gasteiger partial charge in [-0.25, -0.2) is 4.90 Å². The van der Waals surface area contributed by atoms with Crippen molar-refractivity contribution in [3.8, 4) is 0 Å². The molecular weight excluding hydrogens is 316 g/mol. The first-order valence-electron chi connectivity index (χ1n) is 7.10. The Kier molecular flexibility index (Phi) is 3.16. The SMILES string of the molecule is O=C1[C@H]2C(c3ccccc3Cl)=NO[C@@H]2C(=O)N1c1ccccc1. The molecule has 0 spiro atoms. The van der Waals surface area contributed by atoms with E-state index in [0.717, 1.165) is 4.90 Å². The predicted molar refractivity (Wildman–Crippen MR) is 85.3 cm³/mol. The Morgan fingerprint density at radius 2 is 1.65 bits per heavy atom. The van der Waals surface area contributed by atoms with Crippen LogP contribution in [-0.4, -0.2) is 23.6 Å². The summed E-state index contributed by atoms with van der Waals surface area (Å²) in [7, 11) is 0. The Bertz CT molecular complexity index is 835. The first-order valence-corrected chi connectivity index (χ1v) is 7.48. The number of amides is 2. The Morgan fingerprint density at radius 1 is 0.957 bits per heavy atom. The number of oxime groups is 1. The Balaban J connectivity index is 1.74. The molecule has 2 amide bonds. The lowest BCUT2D eigenvalue weighted by Gasteiger charge is -2.15. The molecule has 0 aliphatic carbocycles. The molecular formula is C17H11ClN2O3. The van der Waals surface area contributed by atoms with Crippen LogP contribution in [-0.2, 0) is 14.4 Å². The smallest absolute Gasteiger partial charge is 0.278 e. The number of hydrogen-bond donors (Lipinski definition) is 0. The van der Waals surface area contributed by atoms with Crippen molar-refractivity contribution in [1.82, 2.24) is 0 Å². The number of rotatable bonds is 2. The molecule has 2 aliphatic rings. The number of hydrogen-bond acceptors (Lipinski definition) is 4. The summed E-state index contributed by atoms with van der Waals surface area (Å²) in [6, 6.07) is 15.8. The first kappa shape index (κ1) is 14.0. The van der Waals surface area contributed by atoms with Crippen molar-refractivity contribution >= 4 is 34.8 Å². The zero-order chi connectivity index (χ0) is 16.0. The highest BCUT2D eigenvalue weighted by Gasteiger charge is 2.56. The molecule has 114 valence electrons. The monoisotopic (exact) mass is 326 g/mol. The molecule has 0 bridgehead atoms. The Labute approximate surface area is 137 Å². The van der Waals surface area contributed by atoms with Gasteiger partial charge in [0.15, 0.2) is 0 Å². The van der Waals surface area contributed by atoms with E-state index >= 15 is 0 Å². The minimum absolute atomic E-state index is 0.345. The molecule has 1 saturated heterocycles. The predicted octanol–water partition coefficient (Wildman–Crippen LogP) is 2.63. The van der Waals surface area contributed by atoms with Gasteiger partial charge in [-0.1, -0.05) is 53.2 Å². The van der Waals surface area contributed by atoms with Crippen LogP contribution in [0.4, 0.5) is 5.69 Å².